The first-order chi connectivity index (χ1) is 36.0. The van der Waals surface area contributed by atoms with Gasteiger partial charge in [-0.25, -0.2) is 26.9 Å². The highest BCUT2D eigenvalue weighted by Crippen LogP contribution is 2.54. The van der Waals surface area contributed by atoms with Gasteiger partial charge in [0.2, 0.25) is 0 Å². The van der Waals surface area contributed by atoms with E-state index in [0.717, 1.165) is 75.3 Å². The van der Waals surface area contributed by atoms with Crippen LogP contribution < -0.4 is 24.4 Å². The van der Waals surface area contributed by atoms with Crippen LogP contribution in [0.2, 0.25) is 0 Å². The molecule has 2 aromatic heterocycles. The standard InChI is InChI=1S/C56H64F2N8O8S/c1-36(2)44-7-5-6-8-45(44)51-34-64(33-38-9-11-41(72-4)12-10-38)37(3)32-65(51)40-29-55(30-40)16-21-63(22-17-55)49-28-52(74-42-25-39-15-20-59-53(39)60-31-42)46(27-47(49)57)54(67)62-75(70,71)43-13-14-48(50(26-43)66(68)69)61-35-56(58)18-23-73-24-19-56/h5-15,20,25-28,31,36-37,40,51,61H,16-19,21-24,29-30,32-35H2,1-4H3,(H,59,60)(H,62,67)/t37-,51+/m1/s1. The molecule has 6 aromatic rings. The van der Waals surface area contributed by atoms with E-state index in [-0.39, 0.29) is 66.9 Å². The molecule has 1 spiro atoms. The van der Waals surface area contributed by atoms with Crippen LogP contribution in [0.15, 0.2) is 108 Å². The minimum Gasteiger partial charge on any atom is -0.497 e. The third kappa shape index (κ3) is 11.0. The van der Waals surface area contributed by atoms with E-state index in [1.165, 1.54) is 29.0 Å². The number of amides is 1. The van der Waals surface area contributed by atoms with Crippen molar-refractivity contribution in [3.05, 3.63) is 142 Å². The van der Waals surface area contributed by atoms with E-state index >= 15 is 8.78 Å². The Morgan fingerprint density at radius 3 is 2.44 bits per heavy atom. The summed E-state index contributed by atoms with van der Waals surface area (Å²) >= 11 is 0. The number of benzene rings is 4. The number of hydrogen-bond donors (Lipinski definition) is 3. The first-order valence-corrected chi connectivity index (χ1v) is 27.2. The highest BCUT2D eigenvalue weighted by molar-refractivity contribution is 7.90. The predicted molar refractivity (Wildman–Crippen MR) is 282 cm³/mol. The van der Waals surface area contributed by atoms with Crippen LogP contribution in [-0.2, 0) is 21.3 Å². The molecule has 1 aliphatic carbocycles. The van der Waals surface area contributed by atoms with E-state index in [0.29, 0.717) is 42.1 Å². The number of sulfonamides is 1. The van der Waals surface area contributed by atoms with Crippen molar-refractivity contribution in [2.75, 3.05) is 63.3 Å². The molecule has 1 amide bonds. The van der Waals surface area contributed by atoms with Crippen LogP contribution in [0, 0.1) is 21.3 Å². The van der Waals surface area contributed by atoms with Crippen molar-refractivity contribution >= 4 is 44.0 Å². The Bertz CT molecular complexity index is 3170. The number of nitrogens with zero attached hydrogens (tertiary/aromatic N) is 5. The van der Waals surface area contributed by atoms with Gasteiger partial charge in [-0.1, -0.05) is 50.2 Å². The first kappa shape index (κ1) is 51.8. The Kier molecular flexibility index (Phi) is 14.6. The van der Waals surface area contributed by atoms with Gasteiger partial charge in [-0.2, -0.15) is 0 Å². The van der Waals surface area contributed by atoms with Gasteiger partial charge in [0.05, 0.1) is 34.4 Å². The number of nitro benzene ring substituents is 1. The number of nitro groups is 1. The van der Waals surface area contributed by atoms with Crippen LogP contribution in [0.5, 0.6) is 17.2 Å². The third-order valence-corrected chi connectivity index (χ3v) is 17.3. The summed E-state index contributed by atoms with van der Waals surface area (Å²) in [6.07, 6.45) is 7.06. The molecule has 1 saturated carbocycles. The number of nitrogens with one attached hydrogen (secondary N) is 3. The lowest BCUT2D eigenvalue weighted by Crippen LogP contribution is -2.61. The van der Waals surface area contributed by atoms with Crippen LogP contribution in [-0.4, -0.2) is 110 Å². The molecule has 3 N–H and O–H groups in total. The Hall–Kier alpha value is -6.67. The number of carbonyl (C=O) groups excluding carboxylic acids is 1. The summed E-state index contributed by atoms with van der Waals surface area (Å²) in [5.41, 5.74) is 2.04. The minimum atomic E-state index is -4.79. The normalized spacial score (nSPS) is 20.2. The zero-order chi connectivity index (χ0) is 52.6. The van der Waals surface area contributed by atoms with Crippen LogP contribution in [0.4, 0.5) is 25.8 Å². The number of methoxy groups -OCH3 is 1. The van der Waals surface area contributed by atoms with Crippen LogP contribution >= 0.6 is 0 Å². The zero-order valence-electron chi connectivity index (χ0n) is 42.7. The molecule has 75 heavy (non-hydrogen) atoms. The number of anilines is 2. The van der Waals surface area contributed by atoms with Gasteiger partial charge < -0.3 is 29.4 Å². The van der Waals surface area contributed by atoms with E-state index in [1.807, 2.05) is 21.8 Å². The zero-order valence-corrected chi connectivity index (χ0v) is 43.5. The summed E-state index contributed by atoms with van der Waals surface area (Å²) in [6, 6.07) is 27.0. The second-order valence-electron chi connectivity index (χ2n) is 21.1. The molecule has 19 heteroatoms. The third-order valence-electron chi connectivity index (χ3n) is 16.0. The van der Waals surface area contributed by atoms with Crippen molar-refractivity contribution in [1.82, 2.24) is 24.5 Å². The monoisotopic (exact) mass is 1050 g/mol. The average molecular weight is 1050 g/mol. The molecule has 0 unspecified atom stereocenters. The number of fused-ring (bicyclic) bond motifs is 1. The van der Waals surface area contributed by atoms with E-state index in [2.05, 4.69) is 82.3 Å². The number of piperazine rings is 1. The molecule has 4 aromatic carbocycles. The topological polar surface area (TPSA) is 184 Å². The number of aromatic amines is 1. The number of piperidine rings is 1. The van der Waals surface area contributed by atoms with Crippen molar-refractivity contribution in [3.8, 4) is 17.2 Å². The number of alkyl halides is 1. The number of H-pyrrole nitrogens is 1. The highest BCUT2D eigenvalue weighted by Gasteiger charge is 2.51. The van der Waals surface area contributed by atoms with Crippen LogP contribution in [0.1, 0.15) is 98.3 Å². The Balaban J connectivity index is 0.858. The summed E-state index contributed by atoms with van der Waals surface area (Å²) in [5.74, 6) is -0.661. The SMILES string of the molecule is COc1ccc(CN2C[C@@H](c3ccccc3C(C)C)N(C3CC4(CCN(c5cc(Oc6cnc7[nH]ccc7c6)c(C(=O)NS(=O)(=O)c6ccc(NCC7(F)CCOCC7)c([N+](=O)[O-])c6)cc5F)CC4)C3)C[C@H]2C)cc1. The summed E-state index contributed by atoms with van der Waals surface area (Å²) < 4.78 is 78.4. The van der Waals surface area contributed by atoms with E-state index in [1.54, 1.807) is 25.4 Å². The maximum absolute atomic E-state index is 16.6. The van der Waals surface area contributed by atoms with Crippen molar-refractivity contribution < 1.29 is 41.1 Å². The van der Waals surface area contributed by atoms with E-state index < -0.39 is 48.5 Å². The molecule has 2 atom stereocenters. The first-order valence-electron chi connectivity index (χ1n) is 25.8. The lowest BCUT2D eigenvalue weighted by atomic mass is 9.59. The van der Waals surface area contributed by atoms with Crippen LogP contribution in [0.25, 0.3) is 11.0 Å². The quantitative estimate of drug-likeness (QED) is 0.0615. The lowest BCUT2D eigenvalue weighted by Gasteiger charge is -2.59. The summed E-state index contributed by atoms with van der Waals surface area (Å²) in [5, 5.41) is 15.6. The van der Waals surface area contributed by atoms with Crippen molar-refractivity contribution in [2.24, 2.45) is 5.41 Å². The summed E-state index contributed by atoms with van der Waals surface area (Å²) in [4.78, 5) is 39.6. The molecule has 16 nitrogen and oxygen atoms in total. The summed E-state index contributed by atoms with van der Waals surface area (Å²) in [7, 11) is -3.10. The van der Waals surface area contributed by atoms with Gasteiger partial charge in [-0.15, -0.1) is 0 Å². The van der Waals surface area contributed by atoms with Gasteiger partial charge >= 0.3 is 0 Å². The molecular weight excluding hydrogens is 983 g/mol. The maximum Gasteiger partial charge on any atom is 0.293 e. The van der Waals surface area contributed by atoms with Crippen molar-refractivity contribution in [1.29, 1.82) is 0 Å². The second-order valence-corrected chi connectivity index (χ2v) is 22.8. The highest BCUT2D eigenvalue weighted by atomic mass is 32.2. The lowest BCUT2D eigenvalue weighted by molar-refractivity contribution is -0.384. The molecule has 0 radical (unpaired) electrons. The molecule has 4 aliphatic rings. The number of pyridine rings is 1. The molecule has 10 rings (SSSR count). The Morgan fingerprint density at radius 2 is 1.72 bits per heavy atom. The second kappa shape index (κ2) is 21.2. The van der Waals surface area contributed by atoms with Gasteiger partial charge in [0.15, 0.2) is 0 Å². The fraction of sp³-hybridized carbons (Fsp3) is 0.429. The van der Waals surface area contributed by atoms with Gasteiger partial charge in [-0.3, -0.25) is 24.7 Å². The molecule has 396 valence electrons. The van der Waals surface area contributed by atoms with Gasteiger partial charge in [0.25, 0.3) is 21.6 Å². The van der Waals surface area contributed by atoms with E-state index in [9.17, 15) is 23.3 Å². The molecule has 3 aliphatic heterocycles. The van der Waals surface area contributed by atoms with Gasteiger partial charge in [0, 0.05) is 107 Å². The number of hydrogen-bond acceptors (Lipinski definition) is 13. The summed E-state index contributed by atoms with van der Waals surface area (Å²) in [6.45, 7) is 10.8. The average Bonchev–Trinajstić information content (AvgIpc) is 3.87. The Morgan fingerprint density at radius 1 is 0.973 bits per heavy atom. The number of rotatable bonds is 16. The van der Waals surface area contributed by atoms with Crippen molar-refractivity contribution in [2.45, 2.75) is 100 Å². The predicted octanol–water partition coefficient (Wildman–Crippen LogP) is 10.3. The minimum absolute atomic E-state index is 0.0813. The number of ether oxygens (including phenoxy) is 3. The maximum atomic E-state index is 16.6. The molecular formula is C56H64F2N8O8S. The fourth-order valence-electron chi connectivity index (χ4n) is 11.6. The molecule has 0 bridgehead atoms. The molecule has 3 saturated heterocycles. The number of aromatic nitrogens is 2. The fourth-order valence-corrected chi connectivity index (χ4v) is 12.6. The van der Waals surface area contributed by atoms with Gasteiger partial charge in [-0.05, 0) is 103 Å². The number of carbonyl (C=O) groups is 1. The number of halogens is 2. The van der Waals surface area contributed by atoms with E-state index in [4.69, 9.17) is 14.2 Å². The smallest absolute Gasteiger partial charge is 0.293 e. The van der Waals surface area contributed by atoms with Gasteiger partial charge in [0.1, 0.15) is 40.1 Å². The molecule has 5 heterocycles. The molecule has 4 fully saturated rings. The van der Waals surface area contributed by atoms with Crippen molar-refractivity contribution in [3.63, 3.8) is 0 Å². The van der Waals surface area contributed by atoms with Crippen LogP contribution in [0.3, 0.4) is 0 Å². The largest absolute Gasteiger partial charge is 0.497 e. The Labute approximate surface area is 435 Å².